The second-order valence-electron chi connectivity index (χ2n) is 7.53. The van der Waals surface area contributed by atoms with Crippen molar-refractivity contribution in [3.8, 4) is 0 Å². The quantitative estimate of drug-likeness (QED) is 0.928. The zero-order valence-electron chi connectivity index (χ0n) is 14.3. The van der Waals surface area contributed by atoms with E-state index in [1.165, 1.54) is 11.3 Å². The third-order valence-corrected chi connectivity index (χ3v) is 4.46. The van der Waals surface area contributed by atoms with Crippen molar-refractivity contribution < 1.29 is 0 Å². The molecule has 0 aromatic heterocycles. The minimum Gasteiger partial charge on any atom is -0.369 e. The third-order valence-electron chi connectivity index (χ3n) is 4.46. The van der Waals surface area contributed by atoms with Gasteiger partial charge in [-0.3, -0.25) is 4.90 Å². The Morgan fingerprint density at radius 2 is 1.71 bits per heavy atom. The van der Waals surface area contributed by atoms with Crippen molar-refractivity contribution >= 4 is 5.69 Å². The number of nitrogens with zero attached hydrogens (tertiary/aromatic N) is 2. The van der Waals surface area contributed by atoms with Gasteiger partial charge in [-0.25, -0.2) is 0 Å². The summed E-state index contributed by atoms with van der Waals surface area (Å²) in [4.78, 5) is 5.07. The molecule has 21 heavy (non-hydrogen) atoms. The molecule has 118 valence electrons. The summed E-state index contributed by atoms with van der Waals surface area (Å²) < 4.78 is 0. The van der Waals surface area contributed by atoms with Gasteiger partial charge in [-0.2, -0.15) is 0 Å². The lowest BCUT2D eigenvalue weighted by Crippen LogP contribution is -2.59. The molecule has 2 rings (SSSR count). The highest BCUT2D eigenvalue weighted by Crippen LogP contribution is 2.28. The van der Waals surface area contributed by atoms with Gasteiger partial charge in [-0.1, -0.05) is 32.9 Å². The van der Waals surface area contributed by atoms with E-state index in [1.807, 2.05) is 0 Å². The predicted octanol–water partition coefficient (Wildman–Crippen LogP) is 2.88. The number of aryl methyl sites for hydroxylation is 1. The van der Waals surface area contributed by atoms with Crippen LogP contribution in [0.2, 0.25) is 0 Å². The van der Waals surface area contributed by atoms with Crippen molar-refractivity contribution in [1.82, 2.24) is 4.90 Å². The molecule has 2 unspecified atom stereocenters. The minimum absolute atomic E-state index is 0.204. The fraction of sp³-hybridized carbons (Fsp3) is 0.667. The number of hydrogen-bond acceptors (Lipinski definition) is 3. The number of nitrogens with two attached hydrogens (primary N) is 1. The van der Waals surface area contributed by atoms with Crippen LogP contribution in [0.15, 0.2) is 24.3 Å². The second-order valence-corrected chi connectivity index (χ2v) is 7.53. The molecular weight excluding hydrogens is 258 g/mol. The highest BCUT2D eigenvalue weighted by molar-refractivity contribution is 5.48. The maximum Gasteiger partial charge on any atom is 0.0369 e. The monoisotopic (exact) mass is 289 g/mol. The van der Waals surface area contributed by atoms with Gasteiger partial charge >= 0.3 is 0 Å². The molecule has 0 bridgehead atoms. The van der Waals surface area contributed by atoms with E-state index in [2.05, 4.69) is 68.7 Å². The van der Waals surface area contributed by atoms with Crippen molar-refractivity contribution in [2.45, 2.75) is 46.7 Å². The summed E-state index contributed by atoms with van der Waals surface area (Å²) in [6.07, 6.45) is 0. The van der Waals surface area contributed by atoms with Crippen LogP contribution in [-0.2, 0) is 0 Å². The van der Waals surface area contributed by atoms with Crippen molar-refractivity contribution in [2.24, 2.45) is 11.1 Å². The molecule has 2 atom stereocenters. The summed E-state index contributed by atoms with van der Waals surface area (Å²) in [5.74, 6) is 0. The normalized spacial score (nSPS) is 20.4. The molecule has 1 aliphatic rings. The first-order chi connectivity index (χ1) is 9.79. The SMILES string of the molecule is Cc1cccc(N2CCN(C(C(C)N)C(C)(C)C)CC2)c1. The van der Waals surface area contributed by atoms with Gasteiger partial charge in [0.25, 0.3) is 0 Å². The van der Waals surface area contributed by atoms with Crippen LogP contribution in [-0.4, -0.2) is 43.2 Å². The van der Waals surface area contributed by atoms with E-state index >= 15 is 0 Å². The molecule has 0 spiro atoms. The Balaban J connectivity index is 2.02. The van der Waals surface area contributed by atoms with Crippen LogP contribution in [0.5, 0.6) is 0 Å². The number of piperazine rings is 1. The molecule has 0 radical (unpaired) electrons. The third kappa shape index (κ3) is 3.98. The van der Waals surface area contributed by atoms with E-state index in [0.29, 0.717) is 6.04 Å². The second kappa shape index (κ2) is 6.37. The molecular formula is C18H31N3. The van der Waals surface area contributed by atoms with Gasteiger partial charge in [-0.05, 0) is 37.0 Å². The maximum atomic E-state index is 6.26. The van der Waals surface area contributed by atoms with Crippen LogP contribution >= 0.6 is 0 Å². The summed E-state index contributed by atoms with van der Waals surface area (Å²) in [5.41, 5.74) is 9.17. The lowest BCUT2D eigenvalue weighted by molar-refractivity contribution is 0.0766. The Morgan fingerprint density at radius 3 is 2.19 bits per heavy atom. The number of hydrogen-bond donors (Lipinski definition) is 1. The van der Waals surface area contributed by atoms with E-state index < -0.39 is 0 Å². The Bertz CT molecular complexity index is 454. The summed E-state index contributed by atoms with van der Waals surface area (Å²) in [7, 11) is 0. The summed E-state index contributed by atoms with van der Waals surface area (Å²) in [6.45, 7) is 15.6. The number of rotatable bonds is 3. The van der Waals surface area contributed by atoms with Gasteiger partial charge in [0.15, 0.2) is 0 Å². The minimum atomic E-state index is 0.204. The fourth-order valence-electron chi connectivity index (χ4n) is 3.75. The van der Waals surface area contributed by atoms with Gasteiger partial charge in [0.05, 0.1) is 0 Å². The fourth-order valence-corrected chi connectivity index (χ4v) is 3.75. The molecule has 1 heterocycles. The number of benzene rings is 1. The Hall–Kier alpha value is -1.06. The van der Waals surface area contributed by atoms with E-state index in [9.17, 15) is 0 Å². The highest BCUT2D eigenvalue weighted by atomic mass is 15.3. The molecule has 3 heteroatoms. The van der Waals surface area contributed by atoms with Crippen LogP contribution in [0.4, 0.5) is 5.69 Å². The maximum absolute atomic E-state index is 6.26. The van der Waals surface area contributed by atoms with Crippen molar-refractivity contribution in [2.75, 3.05) is 31.1 Å². The lowest BCUT2D eigenvalue weighted by Gasteiger charge is -2.46. The molecule has 1 aromatic carbocycles. The molecule has 2 N–H and O–H groups in total. The van der Waals surface area contributed by atoms with Crippen LogP contribution in [0.1, 0.15) is 33.3 Å². The van der Waals surface area contributed by atoms with E-state index in [4.69, 9.17) is 5.73 Å². The van der Waals surface area contributed by atoms with Gasteiger partial charge in [0.1, 0.15) is 0 Å². The van der Waals surface area contributed by atoms with Crippen molar-refractivity contribution in [1.29, 1.82) is 0 Å². The summed E-state index contributed by atoms with van der Waals surface area (Å²) in [6, 6.07) is 9.45. The van der Waals surface area contributed by atoms with Crippen molar-refractivity contribution in [3.63, 3.8) is 0 Å². The molecule has 0 aliphatic carbocycles. The lowest BCUT2D eigenvalue weighted by atomic mass is 9.81. The number of anilines is 1. The van der Waals surface area contributed by atoms with Crippen molar-refractivity contribution in [3.05, 3.63) is 29.8 Å². The molecule has 0 saturated carbocycles. The molecule has 1 aliphatic heterocycles. The molecule has 1 aromatic rings. The first kappa shape index (κ1) is 16.3. The smallest absolute Gasteiger partial charge is 0.0369 e. The van der Waals surface area contributed by atoms with Gasteiger partial charge in [-0.15, -0.1) is 0 Å². The zero-order chi connectivity index (χ0) is 15.6. The largest absolute Gasteiger partial charge is 0.369 e. The first-order valence-electron chi connectivity index (χ1n) is 8.10. The zero-order valence-corrected chi connectivity index (χ0v) is 14.3. The molecule has 1 fully saturated rings. The Kier molecular flexibility index (Phi) is 4.95. The van der Waals surface area contributed by atoms with Gasteiger partial charge in [0, 0.05) is 44.0 Å². The van der Waals surface area contributed by atoms with Crippen LogP contribution in [0.3, 0.4) is 0 Å². The average molecular weight is 289 g/mol. The van der Waals surface area contributed by atoms with Crippen LogP contribution < -0.4 is 10.6 Å². The van der Waals surface area contributed by atoms with E-state index in [0.717, 1.165) is 26.2 Å². The summed E-state index contributed by atoms with van der Waals surface area (Å²) >= 11 is 0. The van der Waals surface area contributed by atoms with Crippen LogP contribution in [0, 0.1) is 12.3 Å². The molecule has 1 saturated heterocycles. The topological polar surface area (TPSA) is 32.5 Å². The average Bonchev–Trinajstić information content (AvgIpc) is 2.37. The molecule has 3 nitrogen and oxygen atoms in total. The Morgan fingerprint density at radius 1 is 1.10 bits per heavy atom. The standard InChI is InChI=1S/C18H31N3/c1-14-7-6-8-16(13-14)20-9-11-21(12-10-20)17(15(2)19)18(3,4)5/h6-8,13,15,17H,9-12,19H2,1-5H3. The van der Waals surface area contributed by atoms with Gasteiger partial charge in [0.2, 0.25) is 0 Å². The van der Waals surface area contributed by atoms with Crippen LogP contribution in [0.25, 0.3) is 0 Å². The summed E-state index contributed by atoms with van der Waals surface area (Å²) in [5, 5.41) is 0. The Labute approximate surface area is 130 Å². The first-order valence-corrected chi connectivity index (χ1v) is 8.10. The van der Waals surface area contributed by atoms with E-state index in [1.54, 1.807) is 0 Å². The molecule has 0 amide bonds. The van der Waals surface area contributed by atoms with E-state index in [-0.39, 0.29) is 11.5 Å². The highest BCUT2D eigenvalue weighted by Gasteiger charge is 2.34. The van der Waals surface area contributed by atoms with Gasteiger partial charge < -0.3 is 10.6 Å². The predicted molar refractivity (Wildman–Crippen MR) is 91.9 cm³/mol.